The summed E-state index contributed by atoms with van der Waals surface area (Å²) in [7, 11) is 0. The predicted octanol–water partition coefficient (Wildman–Crippen LogP) is 3.67. The van der Waals surface area contributed by atoms with E-state index in [1.807, 2.05) is 18.2 Å². The fraction of sp³-hybridized carbons (Fsp3) is 0.250. The minimum Gasteiger partial charge on any atom is -0.368 e. The quantitative estimate of drug-likeness (QED) is 0.823. The molecule has 0 radical (unpaired) electrons. The van der Waals surface area contributed by atoms with Gasteiger partial charge in [0.25, 0.3) is 0 Å². The molecular weight excluding hydrogens is 256 g/mol. The van der Waals surface area contributed by atoms with Crippen LogP contribution in [0.2, 0.25) is 5.02 Å². The average molecular weight is 273 g/mol. The van der Waals surface area contributed by atoms with Crippen molar-refractivity contribution in [1.82, 2.24) is 0 Å². The van der Waals surface area contributed by atoms with Gasteiger partial charge in [-0.1, -0.05) is 41.9 Å². The number of para-hydroxylation sites is 2. The molecule has 1 aliphatic rings. The lowest BCUT2D eigenvalue weighted by Gasteiger charge is -2.37. The van der Waals surface area contributed by atoms with Gasteiger partial charge in [0.05, 0.1) is 10.7 Å². The Kier molecular flexibility index (Phi) is 3.60. The van der Waals surface area contributed by atoms with Crippen molar-refractivity contribution in [2.45, 2.75) is 0 Å². The topological polar surface area (TPSA) is 6.48 Å². The Balaban J connectivity index is 1.69. The van der Waals surface area contributed by atoms with Crippen LogP contribution >= 0.6 is 11.6 Å². The smallest absolute Gasteiger partial charge is 0.0639 e. The Morgan fingerprint density at radius 1 is 0.684 bits per heavy atom. The zero-order chi connectivity index (χ0) is 13.1. The summed E-state index contributed by atoms with van der Waals surface area (Å²) in [4.78, 5) is 4.79. The van der Waals surface area contributed by atoms with Crippen molar-refractivity contribution in [3.05, 3.63) is 59.6 Å². The summed E-state index contributed by atoms with van der Waals surface area (Å²) in [5.41, 5.74) is 2.46. The average Bonchev–Trinajstić information content (AvgIpc) is 2.49. The molecule has 1 saturated heterocycles. The molecule has 0 aliphatic carbocycles. The van der Waals surface area contributed by atoms with Crippen molar-refractivity contribution in [2.24, 2.45) is 0 Å². The molecule has 2 aromatic carbocycles. The van der Waals surface area contributed by atoms with Gasteiger partial charge in [0, 0.05) is 31.9 Å². The zero-order valence-corrected chi connectivity index (χ0v) is 11.6. The van der Waals surface area contributed by atoms with Crippen LogP contribution in [0.4, 0.5) is 11.4 Å². The van der Waals surface area contributed by atoms with E-state index in [0.717, 1.165) is 36.9 Å². The first kappa shape index (κ1) is 12.4. The molecule has 19 heavy (non-hydrogen) atoms. The maximum atomic E-state index is 6.26. The van der Waals surface area contributed by atoms with Crippen molar-refractivity contribution in [3.8, 4) is 0 Å². The monoisotopic (exact) mass is 272 g/mol. The molecule has 0 aromatic heterocycles. The van der Waals surface area contributed by atoms with Gasteiger partial charge in [-0.25, -0.2) is 0 Å². The van der Waals surface area contributed by atoms with E-state index in [1.54, 1.807) is 0 Å². The van der Waals surface area contributed by atoms with Gasteiger partial charge in [-0.2, -0.15) is 0 Å². The molecule has 3 rings (SSSR count). The van der Waals surface area contributed by atoms with E-state index in [9.17, 15) is 0 Å². The van der Waals surface area contributed by atoms with Crippen molar-refractivity contribution < 1.29 is 0 Å². The van der Waals surface area contributed by atoms with Crippen LogP contribution in [0.5, 0.6) is 0 Å². The molecule has 0 unspecified atom stereocenters. The number of halogens is 1. The second-order valence-corrected chi connectivity index (χ2v) is 5.17. The Labute approximate surface area is 119 Å². The van der Waals surface area contributed by atoms with Crippen molar-refractivity contribution in [2.75, 3.05) is 36.0 Å². The third-order valence-corrected chi connectivity index (χ3v) is 3.91. The second-order valence-electron chi connectivity index (χ2n) is 4.76. The second kappa shape index (κ2) is 5.54. The van der Waals surface area contributed by atoms with E-state index in [1.165, 1.54) is 5.69 Å². The summed E-state index contributed by atoms with van der Waals surface area (Å²) in [6, 6.07) is 18.7. The molecule has 3 heteroatoms. The highest BCUT2D eigenvalue weighted by atomic mass is 35.5. The molecule has 0 spiro atoms. The van der Waals surface area contributed by atoms with E-state index in [4.69, 9.17) is 11.6 Å². The summed E-state index contributed by atoms with van der Waals surface area (Å²) in [5, 5.41) is 0.843. The number of hydrogen-bond donors (Lipinski definition) is 0. The largest absolute Gasteiger partial charge is 0.368 e. The minimum atomic E-state index is 0.843. The number of benzene rings is 2. The molecule has 0 amide bonds. The van der Waals surface area contributed by atoms with Crippen LogP contribution in [0.25, 0.3) is 0 Å². The van der Waals surface area contributed by atoms with Gasteiger partial charge in [0.1, 0.15) is 0 Å². The molecule has 2 aromatic rings. The fourth-order valence-electron chi connectivity index (χ4n) is 2.55. The van der Waals surface area contributed by atoms with Crippen LogP contribution < -0.4 is 9.80 Å². The highest BCUT2D eigenvalue weighted by Crippen LogP contribution is 2.27. The third kappa shape index (κ3) is 2.69. The van der Waals surface area contributed by atoms with Crippen LogP contribution in [-0.4, -0.2) is 26.2 Å². The summed E-state index contributed by atoms with van der Waals surface area (Å²) < 4.78 is 0. The van der Waals surface area contributed by atoms with Crippen LogP contribution in [0, 0.1) is 0 Å². The van der Waals surface area contributed by atoms with Gasteiger partial charge in [0.15, 0.2) is 0 Å². The third-order valence-electron chi connectivity index (χ3n) is 3.59. The molecule has 0 saturated carbocycles. The predicted molar refractivity (Wildman–Crippen MR) is 82.3 cm³/mol. The standard InChI is InChI=1S/C16H17ClN2/c17-15-8-4-5-9-16(15)19-12-10-18(11-13-19)14-6-2-1-3-7-14/h1-9H,10-13H2. The summed E-state index contributed by atoms with van der Waals surface area (Å²) in [6.07, 6.45) is 0. The number of rotatable bonds is 2. The lowest BCUT2D eigenvalue weighted by atomic mass is 10.2. The van der Waals surface area contributed by atoms with E-state index in [2.05, 4.69) is 46.2 Å². The number of hydrogen-bond acceptors (Lipinski definition) is 2. The molecular formula is C16H17ClN2. The van der Waals surface area contributed by atoms with Gasteiger partial charge >= 0.3 is 0 Å². The highest BCUT2D eigenvalue weighted by Gasteiger charge is 2.18. The molecule has 1 heterocycles. The van der Waals surface area contributed by atoms with E-state index in [-0.39, 0.29) is 0 Å². The normalized spacial score (nSPS) is 15.6. The maximum absolute atomic E-state index is 6.26. The first-order chi connectivity index (χ1) is 9.34. The van der Waals surface area contributed by atoms with E-state index < -0.39 is 0 Å². The molecule has 0 bridgehead atoms. The maximum Gasteiger partial charge on any atom is 0.0639 e. The van der Waals surface area contributed by atoms with Crippen LogP contribution in [0.3, 0.4) is 0 Å². The summed E-state index contributed by atoms with van der Waals surface area (Å²) in [5.74, 6) is 0. The van der Waals surface area contributed by atoms with Gasteiger partial charge < -0.3 is 9.80 Å². The molecule has 98 valence electrons. The van der Waals surface area contributed by atoms with Crippen LogP contribution in [0.15, 0.2) is 54.6 Å². The van der Waals surface area contributed by atoms with Crippen LogP contribution in [-0.2, 0) is 0 Å². The van der Waals surface area contributed by atoms with Gasteiger partial charge in [0.2, 0.25) is 0 Å². The highest BCUT2D eigenvalue weighted by molar-refractivity contribution is 6.33. The Morgan fingerprint density at radius 3 is 1.95 bits per heavy atom. The Morgan fingerprint density at radius 2 is 1.26 bits per heavy atom. The van der Waals surface area contributed by atoms with Gasteiger partial charge in [-0.15, -0.1) is 0 Å². The van der Waals surface area contributed by atoms with Gasteiger partial charge in [-0.05, 0) is 24.3 Å². The zero-order valence-electron chi connectivity index (χ0n) is 10.8. The molecule has 0 N–H and O–H groups in total. The summed E-state index contributed by atoms with van der Waals surface area (Å²) >= 11 is 6.26. The van der Waals surface area contributed by atoms with Gasteiger partial charge in [-0.3, -0.25) is 0 Å². The minimum absolute atomic E-state index is 0.843. The first-order valence-corrected chi connectivity index (χ1v) is 7.02. The first-order valence-electron chi connectivity index (χ1n) is 6.64. The lowest BCUT2D eigenvalue weighted by Crippen LogP contribution is -2.46. The fourth-order valence-corrected chi connectivity index (χ4v) is 2.81. The Hall–Kier alpha value is -1.67. The lowest BCUT2D eigenvalue weighted by molar-refractivity contribution is 0.653. The van der Waals surface area contributed by atoms with E-state index in [0.29, 0.717) is 0 Å². The van der Waals surface area contributed by atoms with Crippen molar-refractivity contribution >= 4 is 23.0 Å². The SMILES string of the molecule is Clc1ccccc1N1CCN(c2ccccc2)CC1. The number of anilines is 2. The Bertz CT molecular complexity index is 533. The molecule has 0 atom stereocenters. The molecule has 1 aliphatic heterocycles. The number of nitrogens with zero attached hydrogens (tertiary/aromatic N) is 2. The molecule has 2 nitrogen and oxygen atoms in total. The van der Waals surface area contributed by atoms with Crippen molar-refractivity contribution in [1.29, 1.82) is 0 Å². The van der Waals surface area contributed by atoms with Crippen molar-refractivity contribution in [3.63, 3.8) is 0 Å². The summed E-state index contributed by atoms with van der Waals surface area (Å²) in [6.45, 7) is 4.10. The number of piperazine rings is 1. The van der Waals surface area contributed by atoms with E-state index >= 15 is 0 Å². The van der Waals surface area contributed by atoms with Crippen LogP contribution in [0.1, 0.15) is 0 Å². The molecule has 1 fully saturated rings.